The Morgan fingerprint density at radius 1 is 1.00 bits per heavy atom. The molecule has 1 N–H and O–H groups in total. The summed E-state index contributed by atoms with van der Waals surface area (Å²) in [5.74, 6) is -0.00821. The molecule has 1 aliphatic heterocycles. The summed E-state index contributed by atoms with van der Waals surface area (Å²) >= 11 is 0. The lowest BCUT2D eigenvalue weighted by molar-refractivity contribution is -0.384. The number of hydrogen-bond donors (Lipinski definition) is 1. The molecule has 0 atom stereocenters. The summed E-state index contributed by atoms with van der Waals surface area (Å²) < 4.78 is 5.63. The summed E-state index contributed by atoms with van der Waals surface area (Å²) in [6, 6.07) is 17.1. The van der Waals surface area contributed by atoms with E-state index in [4.69, 9.17) is 4.42 Å². The normalized spacial score (nSPS) is 13.5. The molecule has 0 saturated carbocycles. The van der Waals surface area contributed by atoms with Crippen molar-refractivity contribution >= 4 is 23.0 Å². The summed E-state index contributed by atoms with van der Waals surface area (Å²) in [7, 11) is 0. The standard InChI is InChI=1S/C21H19N3O4/c25-21(22-16-8-2-4-10-18(16)23-13-5-6-14-23)20-12-11-19(28-20)15-7-1-3-9-17(15)24(26)27/h1-4,7-12H,5-6,13-14H2,(H,22,25). The minimum Gasteiger partial charge on any atom is -0.451 e. The van der Waals surface area contributed by atoms with Gasteiger partial charge < -0.3 is 14.6 Å². The Morgan fingerprint density at radius 3 is 2.50 bits per heavy atom. The molecular weight excluding hydrogens is 358 g/mol. The number of benzene rings is 2. The smallest absolute Gasteiger partial charge is 0.291 e. The van der Waals surface area contributed by atoms with Gasteiger partial charge in [0.1, 0.15) is 5.76 Å². The van der Waals surface area contributed by atoms with Crippen LogP contribution in [-0.2, 0) is 0 Å². The second-order valence-corrected chi connectivity index (χ2v) is 6.60. The van der Waals surface area contributed by atoms with E-state index in [1.807, 2.05) is 24.3 Å². The van der Waals surface area contributed by atoms with Gasteiger partial charge >= 0.3 is 0 Å². The zero-order valence-corrected chi connectivity index (χ0v) is 15.1. The summed E-state index contributed by atoms with van der Waals surface area (Å²) in [5.41, 5.74) is 1.98. The number of nitrogens with one attached hydrogen (secondary N) is 1. The summed E-state index contributed by atoms with van der Waals surface area (Å²) in [5, 5.41) is 14.1. The zero-order chi connectivity index (χ0) is 19.5. The lowest BCUT2D eigenvalue weighted by Gasteiger charge is -2.21. The van der Waals surface area contributed by atoms with Crippen molar-refractivity contribution in [3.05, 3.63) is 76.5 Å². The van der Waals surface area contributed by atoms with Gasteiger partial charge in [-0.15, -0.1) is 0 Å². The van der Waals surface area contributed by atoms with Crippen molar-refractivity contribution < 1.29 is 14.1 Å². The third-order valence-corrected chi connectivity index (χ3v) is 4.79. The first-order valence-electron chi connectivity index (χ1n) is 9.12. The number of para-hydroxylation sites is 3. The predicted molar refractivity (Wildman–Crippen MR) is 107 cm³/mol. The molecule has 0 spiro atoms. The highest BCUT2D eigenvalue weighted by molar-refractivity contribution is 6.04. The lowest BCUT2D eigenvalue weighted by atomic mass is 10.1. The van der Waals surface area contributed by atoms with Crippen molar-refractivity contribution in [2.75, 3.05) is 23.3 Å². The van der Waals surface area contributed by atoms with Gasteiger partial charge in [0.05, 0.1) is 21.9 Å². The molecule has 1 saturated heterocycles. The van der Waals surface area contributed by atoms with Crippen molar-refractivity contribution in [1.29, 1.82) is 0 Å². The van der Waals surface area contributed by atoms with Gasteiger partial charge in [-0.3, -0.25) is 14.9 Å². The van der Waals surface area contributed by atoms with E-state index in [0.29, 0.717) is 5.56 Å². The van der Waals surface area contributed by atoms with Gasteiger partial charge in [0.15, 0.2) is 5.76 Å². The number of hydrogen-bond acceptors (Lipinski definition) is 5. The van der Waals surface area contributed by atoms with Crippen molar-refractivity contribution in [1.82, 2.24) is 0 Å². The fraction of sp³-hybridized carbons (Fsp3) is 0.190. The van der Waals surface area contributed by atoms with E-state index in [9.17, 15) is 14.9 Å². The van der Waals surface area contributed by atoms with Gasteiger partial charge in [0.2, 0.25) is 0 Å². The Bertz CT molecular complexity index is 1020. The monoisotopic (exact) mass is 377 g/mol. The number of nitro benzene ring substituents is 1. The number of furan rings is 1. The van der Waals surface area contributed by atoms with E-state index in [1.165, 1.54) is 12.1 Å². The summed E-state index contributed by atoms with van der Waals surface area (Å²) in [4.78, 5) is 25.7. The first kappa shape index (κ1) is 17.8. The topological polar surface area (TPSA) is 88.6 Å². The predicted octanol–water partition coefficient (Wildman–Crippen LogP) is 4.71. The quantitative estimate of drug-likeness (QED) is 0.514. The van der Waals surface area contributed by atoms with Gasteiger partial charge in [-0.1, -0.05) is 24.3 Å². The van der Waals surface area contributed by atoms with Crippen LogP contribution in [0.1, 0.15) is 23.4 Å². The van der Waals surface area contributed by atoms with Gasteiger partial charge in [-0.05, 0) is 43.2 Å². The largest absolute Gasteiger partial charge is 0.451 e. The highest BCUT2D eigenvalue weighted by Crippen LogP contribution is 2.32. The fourth-order valence-electron chi connectivity index (χ4n) is 3.44. The minimum absolute atomic E-state index is 0.0665. The van der Waals surface area contributed by atoms with E-state index in [2.05, 4.69) is 10.2 Å². The molecule has 0 aliphatic carbocycles. The highest BCUT2D eigenvalue weighted by atomic mass is 16.6. The van der Waals surface area contributed by atoms with Crippen LogP contribution >= 0.6 is 0 Å². The number of nitro groups is 1. The van der Waals surface area contributed by atoms with Crippen LogP contribution in [0, 0.1) is 10.1 Å². The SMILES string of the molecule is O=C(Nc1ccccc1N1CCCC1)c1ccc(-c2ccccc2[N+](=O)[O-])o1. The van der Waals surface area contributed by atoms with Gasteiger partial charge in [-0.25, -0.2) is 0 Å². The second kappa shape index (κ2) is 7.56. The maximum atomic E-state index is 12.7. The molecular formula is C21H19N3O4. The lowest BCUT2D eigenvalue weighted by Crippen LogP contribution is -2.20. The molecule has 1 amide bonds. The van der Waals surface area contributed by atoms with E-state index < -0.39 is 10.8 Å². The molecule has 4 rings (SSSR count). The highest BCUT2D eigenvalue weighted by Gasteiger charge is 2.21. The first-order valence-corrected chi connectivity index (χ1v) is 9.12. The second-order valence-electron chi connectivity index (χ2n) is 6.60. The first-order chi connectivity index (χ1) is 13.6. The molecule has 1 fully saturated rings. The maximum absolute atomic E-state index is 12.7. The zero-order valence-electron chi connectivity index (χ0n) is 15.1. The molecule has 7 nitrogen and oxygen atoms in total. The average molecular weight is 377 g/mol. The molecule has 7 heteroatoms. The Morgan fingerprint density at radius 2 is 1.71 bits per heavy atom. The van der Waals surface area contributed by atoms with Crippen LogP contribution < -0.4 is 10.2 Å². The molecule has 2 heterocycles. The summed E-state index contributed by atoms with van der Waals surface area (Å²) in [6.07, 6.45) is 2.28. The van der Waals surface area contributed by atoms with Crippen LogP contribution in [-0.4, -0.2) is 23.9 Å². The Balaban J connectivity index is 1.58. The van der Waals surface area contributed by atoms with Crippen LogP contribution in [0.4, 0.5) is 17.1 Å². The molecule has 0 unspecified atom stereocenters. The molecule has 142 valence electrons. The maximum Gasteiger partial charge on any atom is 0.291 e. The number of carbonyl (C=O) groups is 1. The van der Waals surface area contributed by atoms with Crippen LogP contribution in [0.5, 0.6) is 0 Å². The molecule has 28 heavy (non-hydrogen) atoms. The summed E-state index contributed by atoms with van der Waals surface area (Å²) in [6.45, 7) is 1.94. The van der Waals surface area contributed by atoms with Crippen LogP contribution in [0.3, 0.4) is 0 Å². The number of amides is 1. The van der Waals surface area contributed by atoms with Crippen molar-refractivity contribution in [2.24, 2.45) is 0 Å². The number of carbonyl (C=O) groups excluding carboxylic acids is 1. The molecule has 1 aliphatic rings. The molecule has 1 aromatic heterocycles. The average Bonchev–Trinajstić information content (AvgIpc) is 3.40. The third-order valence-electron chi connectivity index (χ3n) is 4.79. The van der Waals surface area contributed by atoms with Crippen molar-refractivity contribution in [3.8, 4) is 11.3 Å². The van der Waals surface area contributed by atoms with Crippen LogP contribution in [0.2, 0.25) is 0 Å². The molecule has 0 radical (unpaired) electrons. The Kier molecular flexibility index (Phi) is 4.80. The van der Waals surface area contributed by atoms with E-state index in [0.717, 1.165) is 37.3 Å². The Labute approximate surface area is 161 Å². The van der Waals surface area contributed by atoms with E-state index >= 15 is 0 Å². The number of rotatable bonds is 5. The number of anilines is 2. The fourth-order valence-corrected chi connectivity index (χ4v) is 3.44. The van der Waals surface area contributed by atoms with Crippen molar-refractivity contribution in [2.45, 2.75) is 12.8 Å². The van der Waals surface area contributed by atoms with Crippen LogP contribution in [0.25, 0.3) is 11.3 Å². The van der Waals surface area contributed by atoms with E-state index in [-0.39, 0.29) is 17.2 Å². The third kappa shape index (κ3) is 3.46. The molecule has 0 bridgehead atoms. The Hall–Kier alpha value is -3.61. The minimum atomic E-state index is -0.468. The van der Waals surface area contributed by atoms with Gasteiger partial charge in [-0.2, -0.15) is 0 Å². The van der Waals surface area contributed by atoms with Crippen LogP contribution in [0.15, 0.2) is 65.1 Å². The molecule has 3 aromatic rings. The number of nitrogens with zero attached hydrogens (tertiary/aromatic N) is 2. The van der Waals surface area contributed by atoms with E-state index in [1.54, 1.807) is 24.3 Å². The van der Waals surface area contributed by atoms with Crippen molar-refractivity contribution in [3.63, 3.8) is 0 Å². The van der Waals surface area contributed by atoms with Gasteiger partial charge in [0, 0.05) is 19.2 Å². The van der Waals surface area contributed by atoms with Gasteiger partial charge in [0.25, 0.3) is 11.6 Å². The molecule has 2 aromatic carbocycles.